The molecule has 28 heavy (non-hydrogen) atoms. The first-order valence-corrected chi connectivity index (χ1v) is 10.2. The molecule has 1 fully saturated rings. The molecule has 2 aromatic heterocycles. The Hall–Kier alpha value is -2.98. The Morgan fingerprint density at radius 1 is 1.14 bits per heavy atom. The summed E-state index contributed by atoms with van der Waals surface area (Å²) in [6.07, 6.45) is 3.03. The molecular weight excluding hydrogens is 384 g/mol. The van der Waals surface area contributed by atoms with Gasteiger partial charge in [-0.3, -0.25) is 9.59 Å². The first kappa shape index (κ1) is 18.4. The largest absolute Gasteiger partial charge is 0.451 e. The number of aromatic nitrogens is 2. The number of aromatic amines is 1. The smallest absolute Gasteiger partial charge is 0.289 e. The number of nitrogens with one attached hydrogen (secondary N) is 1. The van der Waals surface area contributed by atoms with Crippen molar-refractivity contribution >= 4 is 26.9 Å². The van der Waals surface area contributed by atoms with E-state index < -0.39 is 15.9 Å². The average Bonchev–Trinajstić information content (AvgIpc) is 3.13. The van der Waals surface area contributed by atoms with Gasteiger partial charge < -0.3 is 14.3 Å². The highest BCUT2D eigenvalue weighted by Crippen LogP contribution is 2.18. The fraction of sp³-hybridized carbons (Fsp3) is 0.278. The Balaban J connectivity index is 1.55. The summed E-state index contributed by atoms with van der Waals surface area (Å²) in [7, 11) is -3.69. The van der Waals surface area contributed by atoms with Gasteiger partial charge in [0.2, 0.25) is 0 Å². The van der Waals surface area contributed by atoms with E-state index in [9.17, 15) is 18.0 Å². The minimum Gasteiger partial charge on any atom is -0.451 e. The summed E-state index contributed by atoms with van der Waals surface area (Å²) in [6.45, 7) is 0.991. The molecule has 1 aliphatic heterocycles. The van der Waals surface area contributed by atoms with Crippen molar-refractivity contribution < 1.29 is 17.6 Å². The number of fused-ring (bicyclic) bond motifs is 1. The van der Waals surface area contributed by atoms with Gasteiger partial charge in [0.05, 0.1) is 17.9 Å². The number of carbonyl (C=O) groups is 1. The number of amides is 1. The summed E-state index contributed by atoms with van der Waals surface area (Å²) in [5, 5.41) is 0.430. The molecule has 1 N–H and O–H groups in total. The van der Waals surface area contributed by atoms with Crippen LogP contribution in [0.4, 0.5) is 0 Å². The minimum atomic E-state index is -3.69. The van der Waals surface area contributed by atoms with Crippen molar-refractivity contribution in [2.45, 2.75) is 11.4 Å². The van der Waals surface area contributed by atoms with Gasteiger partial charge in [-0.05, 0) is 18.6 Å². The van der Waals surface area contributed by atoms with Crippen LogP contribution in [0.15, 0.2) is 57.1 Å². The van der Waals surface area contributed by atoms with Crippen LogP contribution in [-0.4, -0.2) is 59.7 Å². The number of H-pyrrole nitrogens is 1. The van der Waals surface area contributed by atoms with E-state index in [1.165, 1.54) is 27.8 Å². The van der Waals surface area contributed by atoms with Gasteiger partial charge in [0.15, 0.2) is 16.2 Å². The highest BCUT2D eigenvalue weighted by atomic mass is 32.2. The van der Waals surface area contributed by atoms with Gasteiger partial charge >= 0.3 is 0 Å². The van der Waals surface area contributed by atoms with E-state index in [-0.39, 0.29) is 35.8 Å². The molecule has 0 radical (unpaired) electrons. The second-order valence-corrected chi connectivity index (χ2v) is 8.34. The van der Waals surface area contributed by atoms with E-state index in [2.05, 4.69) is 9.97 Å². The lowest BCUT2D eigenvalue weighted by Gasteiger charge is -2.21. The maximum atomic E-state index is 12.8. The second kappa shape index (κ2) is 7.21. The van der Waals surface area contributed by atoms with E-state index >= 15 is 0 Å². The number of imidazole rings is 1. The van der Waals surface area contributed by atoms with Crippen molar-refractivity contribution in [3.05, 3.63) is 58.8 Å². The number of hydrogen-bond acceptors (Lipinski definition) is 6. The number of sulfonamides is 1. The lowest BCUT2D eigenvalue weighted by atomic mass is 10.2. The van der Waals surface area contributed by atoms with Gasteiger partial charge in [0.25, 0.3) is 15.9 Å². The molecule has 0 unspecified atom stereocenters. The zero-order chi connectivity index (χ0) is 19.7. The molecule has 10 heteroatoms. The molecule has 0 aliphatic carbocycles. The van der Waals surface area contributed by atoms with E-state index in [4.69, 9.17) is 4.42 Å². The Labute approximate surface area is 160 Å². The number of hydrogen-bond donors (Lipinski definition) is 1. The van der Waals surface area contributed by atoms with Crippen molar-refractivity contribution in [3.8, 4) is 0 Å². The van der Waals surface area contributed by atoms with Crippen LogP contribution in [0.2, 0.25) is 0 Å². The summed E-state index contributed by atoms with van der Waals surface area (Å²) < 4.78 is 32.2. The first-order valence-electron chi connectivity index (χ1n) is 8.77. The maximum Gasteiger partial charge on any atom is 0.289 e. The molecular formula is C18H18N4O5S. The van der Waals surface area contributed by atoms with E-state index in [1.807, 2.05) is 0 Å². The van der Waals surface area contributed by atoms with Crippen LogP contribution in [0.1, 0.15) is 17.0 Å². The Kier molecular flexibility index (Phi) is 4.73. The number of rotatable bonds is 3. The predicted octanol–water partition coefficient (Wildman–Crippen LogP) is 1.05. The molecule has 0 saturated carbocycles. The van der Waals surface area contributed by atoms with Gasteiger partial charge in [-0.15, -0.1) is 0 Å². The lowest BCUT2D eigenvalue weighted by Crippen LogP contribution is -2.37. The molecule has 1 amide bonds. The fourth-order valence-corrected chi connectivity index (χ4v) is 4.59. The van der Waals surface area contributed by atoms with E-state index in [1.54, 1.807) is 24.3 Å². The molecule has 4 rings (SSSR count). The second-order valence-electron chi connectivity index (χ2n) is 6.44. The number of benzene rings is 1. The number of para-hydroxylation sites is 1. The van der Waals surface area contributed by atoms with Crippen molar-refractivity contribution in [2.75, 3.05) is 26.2 Å². The summed E-state index contributed by atoms with van der Waals surface area (Å²) in [6, 6.07) is 7.91. The highest BCUT2D eigenvalue weighted by Gasteiger charge is 2.30. The molecule has 0 bridgehead atoms. The lowest BCUT2D eigenvalue weighted by molar-refractivity contribution is 0.0733. The summed E-state index contributed by atoms with van der Waals surface area (Å²) in [5.41, 5.74) is 0.0556. The van der Waals surface area contributed by atoms with Crippen molar-refractivity contribution in [3.63, 3.8) is 0 Å². The molecule has 3 heterocycles. The third kappa shape index (κ3) is 3.32. The minimum absolute atomic E-state index is 0.0211. The summed E-state index contributed by atoms with van der Waals surface area (Å²) >= 11 is 0. The molecule has 3 aromatic rings. The van der Waals surface area contributed by atoms with Gasteiger partial charge in [-0.2, -0.15) is 4.31 Å². The van der Waals surface area contributed by atoms with E-state index in [0.717, 1.165) is 0 Å². The number of nitrogens with zero attached hydrogens (tertiary/aromatic N) is 3. The van der Waals surface area contributed by atoms with E-state index in [0.29, 0.717) is 23.9 Å². The van der Waals surface area contributed by atoms with Crippen LogP contribution in [0.25, 0.3) is 11.0 Å². The SMILES string of the molecule is O=C(c1cc(=O)c2ccccc2o1)N1CCCN(S(=O)(=O)c2cnc[nH]2)CC1. The summed E-state index contributed by atoms with van der Waals surface area (Å²) in [4.78, 5) is 33.0. The highest BCUT2D eigenvalue weighted by molar-refractivity contribution is 7.89. The molecule has 0 atom stereocenters. The molecule has 9 nitrogen and oxygen atoms in total. The quantitative estimate of drug-likeness (QED) is 0.700. The average molecular weight is 402 g/mol. The van der Waals surface area contributed by atoms with Gasteiger partial charge in [-0.25, -0.2) is 13.4 Å². The maximum absolute atomic E-state index is 12.8. The summed E-state index contributed by atoms with van der Waals surface area (Å²) in [5.74, 6) is -0.475. The van der Waals surface area contributed by atoms with Crippen LogP contribution in [0, 0.1) is 0 Å². The Morgan fingerprint density at radius 2 is 1.96 bits per heavy atom. The topological polar surface area (TPSA) is 117 Å². The third-order valence-corrected chi connectivity index (χ3v) is 6.50. The van der Waals surface area contributed by atoms with Crippen molar-refractivity contribution in [1.29, 1.82) is 0 Å². The molecule has 1 aliphatic rings. The molecule has 1 aromatic carbocycles. The van der Waals surface area contributed by atoms with Crippen LogP contribution in [0.5, 0.6) is 0 Å². The Morgan fingerprint density at radius 3 is 2.75 bits per heavy atom. The van der Waals surface area contributed by atoms with Crippen LogP contribution >= 0.6 is 0 Å². The normalized spacial score (nSPS) is 16.2. The zero-order valence-electron chi connectivity index (χ0n) is 14.9. The molecule has 1 saturated heterocycles. The third-order valence-electron chi connectivity index (χ3n) is 4.68. The Bertz CT molecular complexity index is 1170. The van der Waals surface area contributed by atoms with Gasteiger partial charge in [-0.1, -0.05) is 12.1 Å². The van der Waals surface area contributed by atoms with Crippen molar-refractivity contribution in [2.24, 2.45) is 0 Å². The van der Waals surface area contributed by atoms with Crippen molar-refractivity contribution in [1.82, 2.24) is 19.2 Å². The standard InChI is InChI=1S/C18H18N4O5S/c23-14-10-16(27-15-5-2-1-4-13(14)15)18(24)21-6-3-7-22(9-8-21)28(25,26)17-11-19-12-20-17/h1-2,4-5,10-12H,3,6-9H2,(H,19,20). The van der Waals surface area contributed by atoms with Gasteiger partial charge in [0, 0.05) is 32.2 Å². The van der Waals surface area contributed by atoms with Crippen LogP contribution < -0.4 is 5.43 Å². The molecule has 146 valence electrons. The monoisotopic (exact) mass is 402 g/mol. The fourth-order valence-electron chi connectivity index (χ4n) is 3.23. The van der Waals surface area contributed by atoms with Crippen LogP contribution in [-0.2, 0) is 10.0 Å². The van der Waals surface area contributed by atoms with Crippen LogP contribution in [0.3, 0.4) is 0 Å². The number of carbonyl (C=O) groups excluding carboxylic acids is 1. The molecule has 0 spiro atoms. The predicted molar refractivity (Wildman–Crippen MR) is 100 cm³/mol. The van der Waals surface area contributed by atoms with Gasteiger partial charge in [0.1, 0.15) is 5.58 Å². The zero-order valence-corrected chi connectivity index (χ0v) is 15.7. The first-order chi connectivity index (χ1) is 13.5.